The fraction of sp³-hybridized carbons (Fsp3) is 0.286. The maximum Gasteiger partial charge on any atom is 0.335 e. The first-order valence-electron chi connectivity index (χ1n) is 12.9. The molecule has 0 unspecified atom stereocenters. The summed E-state index contributed by atoms with van der Waals surface area (Å²) in [6.45, 7) is 2.69. The van der Waals surface area contributed by atoms with Crippen molar-refractivity contribution in [3.8, 4) is 5.88 Å². The molecule has 0 amide bonds. The fourth-order valence-electron chi connectivity index (χ4n) is 5.08. The van der Waals surface area contributed by atoms with Crippen LogP contribution in [0.2, 0.25) is 5.02 Å². The molecule has 0 atom stereocenters. The van der Waals surface area contributed by atoms with Gasteiger partial charge in [-0.2, -0.15) is 5.10 Å². The Hall–Kier alpha value is -4.22. The summed E-state index contributed by atoms with van der Waals surface area (Å²) in [5.41, 5.74) is 2.09. The molecule has 0 radical (unpaired) electrons. The molecule has 5 aromatic rings. The van der Waals surface area contributed by atoms with Crippen LogP contribution < -0.4 is 4.74 Å². The van der Waals surface area contributed by atoms with Gasteiger partial charge in [-0.05, 0) is 43.2 Å². The van der Waals surface area contributed by atoms with Gasteiger partial charge in [0.25, 0.3) is 0 Å². The molecule has 40 heavy (non-hydrogen) atoms. The molecule has 206 valence electrons. The highest BCUT2D eigenvalue weighted by Gasteiger charge is 2.25. The van der Waals surface area contributed by atoms with Gasteiger partial charge < -0.3 is 18.8 Å². The molecule has 12 heteroatoms. The van der Waals surface area contributed by atoms with Crippen LogP contribution in [0.25, 0.3) is 11.0 Å². The van der Waals surface area contributed by atoms with Crippen molar-refractivity contribution in [2.24, 2.45) is 0 Å². The van der Waals surface area contributed by atoms with E-state index in [0.29, 0.717) is 35.3 Å². The number of piperidine rings is 1. The second-order valence-corrected chi connectivity index (χ2v) is 10.2. The number of carbonyl (C=O) groups is 1. The molecule has 1 fully saturated rings. The van der Waals surface area contributed by atoms with Gasteiger partial charge in [0.05, 0.1) is 48.1 Å². The lowest BCUT2D eigenvalue weighted by Crippen LogP contribution is -2.35. The monoisotopic (exact) mass is 564 g/mol. The summed E-state index contributed by atoms with van der Waals surface area (Å²) in [4.78, 5) is 22.7. The topological polar surface area (TPSA) is 111 Å². The average Bonchev–Trinajstić information content (AvgIpc) is 3.70. The summed E-state index contributed by atoms with van der Waals surface area (Å²) >= 11 is 5.85. The van der Waals surface area contributed by atoms with Crippen molar-refractivity contribution in [1.82, 2.24) is 29.2 Å². The van der Waals surface area contributed by atoms with Gasteiger partial charge in [0.15, 0.2) is 6.39 Å². The predicted molar refractivity (Wildman–Crippen MR) is 144 cm³/mol. The van der Waals surface area contributed by atoms with Gasteiger partial charge in [-0.1, -0.05) is 17.7 Å². The predicted octanol–water partition coefficient (Wildman–Crippen LogP) is 5.18. The zero-order valence-corrected chi connectivity index (χ0v) is 22.2. The lowest BCUT2D eigenvalue weighted by atomic mass is 10.1. The smallest absolute Gasteiger partial charge is 0.335 e. The zero-order chi connectivity index (χ0) is 27.6. The first kappa shape index (κ1) is 26.0. The van der Waals surface area contributed by atoms with Gasteiger partial charge in [0.2, 0.25) is 5.88 Å². The number of carboxylic acid groups (broad SMARTS) is 1. The maximum atomic E-state index is 14.2. The number of aromatic carboxylic acids is 1. The van der Waals surface area contributed by atoms with Crippen molar-refractivity contribution in [2.45, 2.75) is 38.6 Å². The third kappa shape index (κ3) is 5.43. The molecule has 6 rings (SSSR count). The third-order valence-corrected chi connectivity index (χ3v) is 7.40. The quantitative estimate of drug-likeness (QED) is 0.261. The van der Waals surface area contributed by atoms with E-state index >= 15 is 0 Å². The molecule has 4 heterocycles. The Morgan fingerprint density at radius 2 is 2.00 bits per heavy atom. The molecular formula is C28H26ClFN6O4. The minimum Gasteiger partial charge on any atom is -0.478 e. The highest BCUT2D eigenvalue weighted by atomic mass is 35.5. The van der Waals surface area contributed by atoms with Gasteiger partial charge in [0.1, 0.15) is 24.0 Å². The van der Waals surface area contributed by atoms with Crippen LogP contribution in [0.1, 0.15) is 46.4 Å². The van der Waals surface area contributed by atoms with E-state index in [4.69, 9.17) is 25.7 Å². The summed E-state index contributed by atoms with van der Waals surface area (Å²) < 4.78 is 29.4. The number of oxazole rings is 1. The Morgan fingerprint density at radius 1 is 1.15 bits per heavy atom. The number of rotatable bonds is 9. The van der Waals surface area contributed by atoms with Crippen LogP contribution in [0.4, 0.5) is 4.39 Å². The normalized spacial score (nSPS) is 14.7. The van der Waals surface area contributed by atoms with Crippen molar-refractivity contribution >= 4 is 28.6 Å². The standard InChI is InChI=1S/C28H26ClFN6O4/c29-20-3-1-19(23(30)12-20)16-39-27-5-8-32-36(27)21-6-9-34(10-7-21)15-26-33-24-4-2-18(28(37)38)11-25(24)35(26)14-22-13-31-17-40-22/h1-5,8,11-13,17,21H,6-7,9-10,14-16H2,(H,37,38). The van der Waals surface area contributed by atoms with Crippen LogP contribution in [0, 0.1) is 5.82 Å². The number of hydrogen-bond acceptors (Lipinski definition) is 7. The first-order chi connectivity index (χ1) is 19.4. The second kappa shape index (κ2) is 11.1. The number of carboxylic acids is 1. The lowest BCUT2D eigenvalue weighted by Gasteiger charge is -2.32. The Kier molecular flexibility index (Phi) is 7.23. The molecule has 1 saturated heterocycles. The van der Waals surface area contributed by atoms with E-state index in [1.165, 1.54) is 12.5 Å². The first-order valence-corrected chi connectivity index (χ1v) is 13.2. The molecule has 2 aromatic carbocycles. The zero-order valence-electron chi connectivity index (χ0n) is 21.4. The summed E-state index contributed by atoms with van der Waals surface area (Å²) in [7, 11) is 0. The average molecular weight is 565 g/mol. The van der Waals surface area contributed by atoms with E-state index in [1.54, 1.807) is 48.8 Å². The largest absolute Gasteiger partial charge is 0.478 e. The number of nitrogens with zero attached hydrogens (tertiary/aromatic N) is 6. The highest BCUT2D eigenvalue weighted by molar-refractivity contribution is 6.30. The highest BCUT2D eigenvalue weighted by Crippen LogP contribution is 2.29. The van der Waals surface area contributed by atoms with E-state index in [1.807, 2.05) is 9.25 Å². The number of benzene rings is 2. The van der Waals surface area contributed by atoms with Gasteiger partial charge in [0, 0.05) is 29.7 Å². The Balaban J connectivity index is 1.14. The number of likely N-dealkylation sites (tertiary alicyclic amines) is 1. The molecule has 0 bridgehead atoms. The minimum atomic E-state index is -0.988. The van der Waals surface area contributed by atoms with Crippen LogP contribution >= 0.6 is 11.6 Å². The van der Waals surface area contributed by atoms with E-state index in [9.17, 15) is 14.3 Å². The molecule has 1 N–H and O–H groups in total. The number of hydrogen-bond donors (Lipinski definition) is 1. The van der Waals surface area contributed by atoms with Crippen molar-refractivity contribution in [2.75, 3.05) is 13.1 Å². The van der Waals surface area contributed by atoms with Crippen LogP contribution in [0.5, 0.6) is 5.88 Å². The Morgan fingerprint density at radius 3 is 2.75 bits per heavy atom. The molecule has 1 aliphatic heterocycles. The third-order valence-electron chi connectivity index (χ3n) is 7.16. The van der Waals surface area contributed by atoms with E-state index in [2.05, 4.69) is 15.0 Å². The Labute approximate surface area is 233 Å². The lowest BCUT2D eigenvalue weighted by molar-refractivity contribution is 0.0697. The number of imidazole rings is 1. The van der Waals surface area contributed by atoms with Crippen molar-refractivity contribution in [3.05, 3.63) is 94.8 Å². The van der Waals surface area contributed by atoms with E-state index in [0.717, 1.165) is 42.8 Å². The number of halogens is 2. The van der Waals surface area contributed by atoms with Gasteiger partial charge in [-0.25, -0.2) is 23.8 Å². The molecular weight excluding hydrogens is 539 g/mol. The van der Waals surface area contributed by atoms with Crippen LogP contribution in [-0.2, 0) is 19.7 Å². The molecule has 0 spiro atoms. The van der Waals surface area contributed by atoms with Crippen molar-refractivity contribution in [1.29, 1.82) is 0 Å². The van der Waals surface area contributed by atoms with Gasteiger partial charge >= 0.3 is 5.97 Å². The Bertz CT molecular complexity index is 1640. The van der Waals surface area contributed by atoms with Gasteiger partial charge in [-0.15, -0.1) is 0 Å². The summed E-state index contributed by atoms with van der Waals surface area (Å²) in [6, 6.07) is 11.4. The molecule has 0 aliphatic carbocycles. The van der Waals surface area contributed by atoms with Crippen LogP contribution in [0.3, 0.4) is 0 Å². The summed E-state index contributed by atoms with van der Waals surface area (Å²) in [5, 5.41) is 14.3. The number of aromatic nitrogens is 5. The molecule has 10 nitrogen and oxygen atoms in total. The van der Waals surface area contributed by atoms with E-state index < -0.39 is 11.8 Å². The second-order valence-electron chi connectivity index (χ2n) is 9.74. The minimum absolute atomic E-state index is 0.0819. The van der Waals surface area contributed by atoms with Gasteiger partial charge in [-0.3, -0.25) is 4.90 Å². The fourth-order valence-corrected chi connectivity index (χ4v) is 5.24. The summed E-state index contributed by atoms with van der Waals surface area (Å²) in [5.74, 6) is 0.680. The van der Waals surface area contributed by atoms with Crippen molar-refractivity contribution < 1.29 is 23.4 Å². The van der Waals surface area contributed by atoms with Crippen molar-refractivity contribution in [3.63, 3.8) is 0 Å². The number of ether oxygens (including phenoxy) is 1. The molecule has 0 saturated carbocycles. The maximum absolute atomic E-state index is 14.2. The van der Waals surface area contributed by atoms with E-state index in [-0.39, 0.29) is 18.2 Å². The number of fused-ring (bicyclic) bond motifs is 1. The molecule has 1 aliphatic rings. The van der Waals surface area contributed by atoms with Crippen LogP contribution in [0.15, 0.2) is 65.7 Å². The summed E-state index contributed by atoms with van der Waals surface area (Å²) in [6.07, 6.45) is 6.41. The SMILES string of the molecule is O=C(O)c1ccc2nc(CN3CCC(n4nccc4OCc4ccc(Cl)cc4F)CC3)n(Cc3cnco3)c2c1. The van der Waals surface area contributed by atoms with Crippen LogP contribution in [-0.4, -0.2) is 53.4 Å². The molecule has 3 aromatic heterocycles.